The van der Waals surface area contributed by atoms with Crippen LogP contribution in [0.1, 0.15) is 44.6 Å². The molecule has 2 aliphatic heterocycles. The third-order valence-electron chi connectivity index (χ3n) is 5.36. The maximum absolute atomic E-state index is 12.5. The van der Waals surface area contributed by atoms with E-state index in [9.17, 15) is 4.79 Å². The van der Waals surface area contributed by atoms with Gasteiger partial charge >= 0.3 is 0 Å². The van der Waals surface area contributed by atoms with Crippen molar-refractivity contribution < 1.29 is 4.79 Å². The number of carbonyl (C=O) groups is 1. The summed E-state index contributed by atoms with van der Waals surface area (Å²) in [5.41, 5.74) is 1.23. The number of amides is 1. The first-order chi connectivity index (χ1) is 10.2. The first-order valence-electron chi connectivity index (χ1n) is 8.07. The van der Waals surface area contributed by atoms with E-state index in [1.54, 1.807) is 0 Å². The van der Waals surface area contributed by atoms with E-state index in [2.05, 4.69) is 28.8 Å². The lowest BCUT2D eigenvalue weighted by molar-refractivity contribution is -0.135. The van der Waals surface area contributed by atoms with Gasteiger partial charge in [0.2, 0.25) is 5.91 Å². The Morgan fingerprint density at radius 3 is 2.81 bits per heavy atom. The van der Waals surface area contributed by atoms with E-state index >= 15 is 0 Å². The van der Waals surface area contributed by atoms with Crippen LogP contribution in [0.3, 0.4) is 0 Å². The summed E-state index contributed by atoms with van der Waals surface area (Å²) in [5, 5.41) is 0. The number of hydrogen-bond donors (Lipinski definition) is 0. The minimum absolute atomic E-state index is 0.0438. The van der Waals surface area contributed by atoms with Crippen molar-refractivity contribution in [2.45, 2.75) is 57.2 Å². The lowest BCUT2D eigenvalue weighted by atomic mass is 9.77. The molecule has 0 bridgehead atoms. The van der Waals surface area contributed by atoms with Crippen LogP contribution in [0.4, 0.5) is 0 Å². The standard InChI is InChI=1S/C17H25N3O/c1-3-15-17(8-4-12-19(15)2)9-5-16(21)20(17)13-14-6-10-18-11-7-14/h6-7,10-11,15H,3-5,8-9,12-13H2,1-2H3/t15-,17+/m1/s1. The number of nitrogens with zero attached hydrogens (tertiary/aromatic N) is 3. The molecular formula is C17H25N3O. The van der Waals surface area contributed by atoms with Crippen LogP contribution >= 0.6 is 0 Å². The number of pyridine rings is 1. The predicted molar refractivity (Wildman–Crippen MR) is 82.7 cm³/mol. The molecule has 4 nitrogen and oxygen atoms in total. The Labute approximate surface area is 127 Å². The van der Waals surface area contributed by atoms with Crippen molar-refractivity contribution in [3.8, 4) is 0 Å². The zero-order valence-corrected chi connectivity index (χ0v) is 13.1. The highest BCUT2D eigenvalue weighted by molar-refractivity contribution is 5.80. The van der Waals surface area contributed by atoms with Gasteiger partial charge in [0.05, 0.1) is 5.54 Å². The summed E-state index contributed by atoms with van der Waals surface area (Å²) >= 11 is 0. The molecule has 1 aromatic rings. The maximum atomic E-state index is 12.5. The van der Waals surface area contributed by atoms with Crippen molar-refractivity contribution in [1.29, 1.82) is 0 Å². The topological polar surface area (TPSA) is 36.4 Å². The fourth-order valence-corrected chi connectivity index (χ4v) is 4.42. The molecule has 0 saturated carbocycles. The number of hydrogen-bond acceptors (Lipinski definition) is 3. The molecule has 2 fully saturated rings. The number of aromatic nitrogens is 1. The monoisotopic (exact) mass is 287 g/mol. The van der Waals surface area contributed by atoms with E-state index in [-0.39, 0.29) is 5.54 Å². The van der Waals surface area contributed by atoms with Gasteiger partial charge in [0.1, 0.15) is 0 Å². The fraction of sp³-hybridized carbons (Fsp3) is 0.647. The van der Waals surface area contributed by atoms with Gasteiger partial charge < -0.3 is 9.80 Å². The van der Waals surface area contributed by atoms with Gasteiger partial charge in [0.25, 0.3) is 0 Å². The Balaban J connectivity index is 1.90. The van der Waals surface area contributed by atoms with E-state index < -0.39 is 0 Å². The number of rotatable bonds is 3. The van der Waals surface area contributed by atoms with Crippen LogP contribution in [-0.4, -0.2) is 45.9 Å². The zero-order chi connectivity index (χ0) is 14.9. The smallest absolute Gasteiger partial charge is 0.223 e. The van der Waals surface area contributed by atoms with Crippen molar-refractivity contribution in [3.05, 3.63) is 30.1 Å². The number of piperidine rings is 1. The highest BCUT2D eigenvalue weighted by Gasteiger charge is 2.52. The van der Waals surface area contributed by atoms with E-state index in [1.807, 2.05) is 24.5 Å². The molecule has 0 unspecified atom stereocenters. The Morgan fingerprint density at radius 2 is 2.10 bits per heavy atom. The summed E-state index contributed by atoms with van der Waals surface area (Å²) in [5.74, 6) is 0.320. The minimum Gasteiger partial charge on any atom is -0.331 e. The molecule has 3 heterocycles. The summed E-state index contributed by atoms with van der Waals surface area (Å²) in [4.78, 5) is 21.2. The summed E-state index contributed by atoms with van der Waals surface area (Å²) in [6.07, 6.45) is 8.78. The van der Waals surface area contributed by atoms with Crippen molar-refractivity contribution in [1.82, 2.24) is 14.8 Å². The maximum Gasteiger partial charge on any atom is 0.223 e. The van der Waals surface area contributed by atoms with Crippen LogP contribution in [0.15, 0.2) is 24.5 Å². The molecule has 2 atom stereocenters. The number of likely N-dealkylation sites (tertiary alicyclic amines) is 2. The zero-order valence-electron chi connectivity index (χ0n) is 13.1. The summed E-state index contributed by atoms with van der Waals surface area (Å²) < 4.78 is 0. The molecule has 0 N–H and O–H groups in total. The number of likely N-dealkylation sites (N-methyl/N-ethyl adjacent to an activating group) is 1. The molecule has 2 saturated heterocycles. The molecule has 3 rings (SSSR count). The second-order valence-corrected chi connectivity index (χ2v) is 6.45. The fourth-order valence-electron chi connectivity index (χ4n) is 4.42. The van der Waals surface area contributed by atoms with E-state index in [0.717, 1.165) is 32.4 Å². The predicted octanol–water partition coefficient (Wildman–Crippen LogP) is 2.45. The minimum atomic E-state index is 0.0438. The molecule has 21 heavy (non-hydrogen) atoms. The van der Waals surface area contributed by atoms with Gasteiger partial charge in [-0.05, 0) is 57.0 Å². The second kappa shape index (κ2) is 5.76. The van der Waals surface area contributed by atoms with Gasteiger partial charge in [0, 0.05) is 31.4 Å². The van der Waals surface area contributed by atoms with Crippen molar-refractivity contribution in [2.75, 3.05) is 13.6 Å². The van der Waals surface area contributed by atoms with Gasteiger partial charge in [-0.1, -0.05) is 6.92 Å². The quantitative estimate of drug-likeness (QED) is 0.857. The van der Waals surface area contributed by atoms with Gasteiger partial charge in [0.15, 0.2) is 0 Å². The summed E-state index contributed by atoms with van der Waals surface area (Å²) in [6, 6.07) is 4.53. The molecule has 4 heteroatoms. The third-order valence-corrected chi connectivity index (χ3v) is 5.36. The van der Waals surface area contributed by atoms with Crippen LogP contribution in [0.2, 0.25) is 0 Å². The Hall–Kier alpha value is -1.42. The molecule has 1 spiro atoms. The largest absolute Gasteiger partial charge is 0.331 e. The van der Waals surface area contributed by atoms with Gasteiger partial charge in [-0.3, -0.25) is 9.78 Å². The highest BCUT2D eigenvalue weighted by Crippen LogP contribution is 2.43. The molecular weight excluding hydrogens is 262 g/mol. The molecule has 1 aromatic heterocycles. The molecule has 114 valence electrons. The van der Waals surface area contributed by atoms with Crippen LogP contribution in [-0.2, 0) is 11.3 Å². The van der Waals surface area contributed by atoms with Crippen LogP contribution < -0.4 is 0 Å². The molecule has 0 aliphatic carbocycles. The van der Waals surface area contributed by atoms with Gasteiger partial charge in [-0.25, -0.2) is 0 Å². The SMILES string of the molecule is CC[C@H]1N(C)CCC[C@]12CCC(=O)N2Cc1ccncc1. The van der Waals surface area contributed by atoms with E-state index in [1.165, 1.54) is 12.0 Å². The lowest BCUT2D eigenvalue weighted by Gasteiger charge is -2.51. The first-order valence-corrected chi connectivity index (χ1v) is 8.07. The summed E-state index contributed by atoms with van der Waals surface area (Å²) in [6.45, 7) is 4.13. The lowest BCUT2D eigenvalue weighted by Crippen LogP contribution is -2.61. The van der Waals surface area contributed by atoms with Gasteiger partial charge in [-0.15, -0.1) is 0 Å². The van der Waals surface area contributed by atoms with Crippen molar-refractivity contribution in [2.24, 2.45) is 0 Å². The third kappa shape index (κ3) is 2.46. The number of carbonyl (C=O) groups excluding carboxylic acids is 1. The summed E-state index contributed by atoms with van der Waals surface area (Å²) in [7, 11) is 2.21. The Bertz CT molecular complexity index is 504. The van der Waals surface area contributed by atoms with Crippen LogP contribution in [0.25, 0.3) is 0 Å². The second-order valence-electron chi connectivity index (χ2n) is 6.45. The van der Waals surface area contributed by atoms with E-state index in [0.29, 0.717) is 18.4 Å². The Kier molecular flexibility index (Phi) is 3.98. The molecule has 2 aliphatic rings. The first kappa shape index (κ1) is 14.5. The highest BCUT2D eigenvalue weighted by atomic mass is 16.2. The molecule has 0 aromatic carbocycles. The van der Waals surface area contributed by atoms with E-state index in [4.69, 9.17) is 0 Å². The van der Waals surface area contributed by atoms with Gasteiger partial charge in [-0.2, -0.15) is 0 Å². The van der Waals surface area contributed by atoms with Crippen LogP contribution in [0.5, 0.6) is 0 Å². The van der Waals surface area contributed by atoms with Crippen molar-refractivity contribution in [3.63, 3.8) is 0 Å². The van der Waals surface area contributed by atoms with Crippen LogP contribution in [0, 0.1) is 0 Å². The molecule has 0 radical (unpaired) electrons. The van der Waals surface area contributed by atoms with Crippen molar-refractivity contribution >= 4 is 5.91 Å². The average Bonchev–Trinajstić information content (AvgIpc) is 2.79. The normalized spacial score (nSPS) is 30.3. The molecule has 1 amide bonds. The average molecular weight is 287 g/mol. The Morgan fingerprint density at radius 1 is 1.33 bits per heavy atom.